The van der Waals surface area contributed by atoms with Crippen molar-refractivity contribution in [2.75, 3.05) is 25.5 Å². The van der Waals surface area contributed by atoms with Crippen molar-refractivity contribution in [2.45, 2.75) is 20.3 Å². The van der Waals surface area contributed by atoms with Gasteiger partial charge in [-0.25, -0.2) is 0 Å². The first kappa shape index (κ1) is 15.9. The lowest BCUT2D eigenvalue weighted by molar-refractivity contribution is -0.115. The Morgan fingerprint density at radius 1 is 1.40 bits per heavy atom. The van der Waals surface area contributed by atoms with Crippen LogP contribution in [0.25, 0.3) is 0 Å². The number of aliphatic imine (C=N–C) groups is 1. The third kappa shape index (κ3) is 6.72. The van der Waals surface area contributed by atoms with E-state index in [1.165, 1.54) is 0 Å². The molecule has 6 nitrogen and oxygen atoms in total. The fraction of sp³-hybridized carbons (Fsp3) is 0.500. The van der Waals surface area contributed by atoms with Gasteiger partial charge in [0.2, 0.25) is 5.91 Å². The Morgan fingerprint density at radius 3 is 2.80 bits per heavy atom. The van der Waals surface area contributed by atoms with E-state index in [0.29, 0.717) is 17.6 Å². The lowest BCUT2D eigenvalue weighted by atomic mass is 10.1. The van der Waals surface area contributed by atoms with Crippen molar-refractivity contribution in [1.29, 1.82) is 0 Å². The van der Waals surface area contributed by atoms with Crippen LogP contribution in [0.3, 0.4) is 0 Å². The maximum Gasteiger partial charge on any atom is 0.243 e. The molecule has 0 aromatic carbocycles. The van der Waals surface area contributed by atoms with Gasteiger partial charge in [-0.15, -0.1) is 0 Å². The molecule has 1 aromatic heterocycles. The molecule has 3 N–H and O–H groups in total. The first-order chi connectivity index (χ1) is 9.61. The molecular weight excluding hydrogens is 254 g/mol. The van der Waals surface area contributed by atoms with Crippen LogP contribution in [-0.2, 0) is 4.79 Å². The largest absolute Gasteiger partial charge is 0.356 e. The number of nitrogens with one attached hydrogen (secondary N) is 3. The molecule has 6 heteroatoms. The minimum atomic E-state index is -0.134. The van der Waals surface area contributed by atoms with Crippen LogP contribution >= 0.6 is 0 Å². The van der Waals surface area contributed by atoms with Gasteiger partial charge in [-0.05, 0) is 24.5 Å². The molecule has 0 bridgehead atoms. The highest BCUT2D eigenvalue weighted by atomic mass is 16.1. The summed E-state index contributed by atoms with van der Waals surface area (Å²) in [6, 6.07) is 3.57. The second kappa shape index (κ2) is 8.90. The van der Waals surface area contributed by atoms with Crippen LogP contribution in [0, 0.1) is 5.92 Å². The second-order valence-electron chi connectivity index (χ2n) is 4.82. The van der Waals surface area contributed by atoms with Crippen molar-refractivity contribution in [3.8, 4) is 0 Å². The van der Waals surface area contributed by atoms with Crippen molar-refractivity contribution < 1.29 is 4.79 Å². The number of nitrogens with zero attached hydrogens (tertiary/aromatic N) is 2. The Morgan fingerprint density at radius 2 is 2.20 bits per heavy atom. The predicted octanol–water partition coefficient (Wildman–Crippen LogP) is 1.23. The SMILES string of the molecule is CN=C(NCCC(C)C)NCC(=O)Nc1cccnc1. The monoisotopic (exact) mass is 277 g/mol. The Bertz CT molecular complexity index is 430. The summed E-state index contributed by atoms with van der Waals surface area (Å²) in [5.41, 5.74) is 0.682. The topological polar surface area (TPSA) is 78.4 Å². The van der Waals surface area contributed by atoms with E-state index in [-0.39, 0.29) is 12.5 Å². The molecule has 1 aromatic rings. The normalized spacial score (nSPS) is 11.3. The molecule has 0 aliphatic carbocycles. The summed E-state index contributed by atoms with van der Waals surface area (Å²) >= 11 is 0. The van der Waals surface area contributed by atoms with E-state index in [9.17, 15) is 4.79 Å². The number of aromatic nitrogens is 1. The third-order valence-corrected chi connectivity index (χ3v) is 2.60. The van der Waals surface area contributed by atoms with E-state index >= 15 is 0 Å². The fourth-order valence-electron chi connectivity index (χ4n) is 1.51. The average Bonchev–Trinajstić information content (AvgIpc) is 2.43. The van der Waals surface area contributed by atoms with Crippen molar-refractivity contribution in [3.63, 3.8) is 0 Å². The van der Waals surface area contributed by atoms with E-state index in [1.54, 1.807) is 31.6 Å². The van der Waals surface area contributed by atoms with Gasteiger partial charge in [0.1, 0.15) is 0 Å². The average molecular weight is 277 g/mol. The molecule has 1 amide bonds. The highest BCUT2D eigenvalue weighted by molar-refractivity contribution is 5.94. The number of carbonyl (C=O) groups is 1. The summed E-state index contributed by atoms with van der Waals surface area (Å²) in [4.78, 5) is 19.7. The van der Waals surface area contributed by atoms with Crippen LogP contribution in [0.2, 0.25) is 0 Å². The van der Waals surface area contributed by atoms with Crippen LogP contribution < -0.4 is 16.0 Å². The zero-order valence-electron chi connectivity index (χ0n) is 12.3. The molecule has 0 spiro atoms. The summed E-state index contributed by atoms with van der Waals surface area (Å²) in [5.74, 6) is 1.13. The van der Waals surface area contributed by atoms with E-state index in [2.05, 4.69) is 39.8 Å². The van der Waals surface area contributed by atoms with Crippen molar-refractivity contribution in [2.24, 2.45) is 10.9 Å². The predicted molar refractivity (Wildman–Crippen MR) is 81.7 cm³/mol. The first-order valence-electron chi connectivity index (χ1n) is 6.76. The zero-order valence-corrected chi connectivity index (χ0v) is 12.3. The number of carbonyl (C=O) groups excluding carboxylic acids is 1. The van der Waals surface area contributed by atoms with Crippen LogP contribution in [0.15, 0.2) is 29.5 Å². The molecule has 0 aliphatic rings. The minimum absolute atomic E-state index is 0.134. The number of hydrogen-bond acceptors (Lipinski definition) is 3. The Hall–Kier alpha value is -2.11. The molecule has 1 rings (SSSR count). The molecule has 0 radical (unpaired) electrons. The van der Waals surface area contributed by atoms with Crippen LogP contribution in [0.5, 0.6) is 0 Å². The number of hydrogen-bond donors (Lipinski definition) is 3. The number of pyridine rings is 1. The summed E-state index contributed by atoms with van der Waals surface area (Å²) in [5, 5.41) is 8.89. The molecule has 0 saturated heterocycles. The van der Waals surface area contributed by atoms with E-state index in [1.807, 2.05) is 0 Å². The van der Waals surface area contributed by atoms with Gasteiger partial charge in [-0.2, -0.15) is 0 Å². The van der Waals surface area contributed by atoms with Gasteiger partial charge in [0.05, 0.1) is 18.4 Å². The molecule has 20 heavy (non-hydrogen) atoms. The molecule has 0 aliphatic heterocycles. The second-order valence-corrected chi connectivity index (χ2v) is 4.82. The maximum absolute atomic E-state index is 11.7. The summed E-state index contributed by atoms with van der Waals surface area (Å²) in [6.07, 6.45) is 4.32. The van der Waals surface area contributed by atoms with Crippen LogP contribution in [-0.4, -0.2) is 37.0 Å². The third-order valence-electron chi connectivity index (χ3n) is 2.60. The van der Waals surface area contributed by atoms with E-state index < -0.39 is 0 Å². The van der Waals surface area contributed by atoms with Crippen LogP contribution in [0.1, 0.15) is 20.3 Å². The molecule has 0 unspecified atom stereocenters. The van der Waals surface area contributed by atoms with E-state index in [0.717, 1.165) is 13.0 Å². The quantitative estimate of drug-likeness (QED) is 0.540. The van der Waals surface area contributed by atoms with Gasteiger partial charge >= 0.3 is 0 Å². The van der Waals surface area contributed by atoms with Crippen LogP contribution in [0.4, 0.5) is 5.69 Å². The molecule has 0 atom stereocenters. The minimum Gasteiger partial charge on any atom is -0.356 e. The number of amides is 1. The van der Waals surface area contributed by atoms with Gasteiger partial charge in [0, 0.05) is 19.8 Å². The van der Waals surface area contributed by atoms with Crippen molar-refractivity contribution in [3.05, 3.63) is 24.5 Å². The van der Waals surface area contributed by atoms with E-state index in [4.69, 9.17) is 0 Å². The molecule has 0 saturated carbocycles. The van der Waals surface area contributed by atoms with Crippen molar-refractivity contribution in [1.82, 2.24) is 15.6 Å². The van der Waals surface area contributed by atoms with Gasteiger partial charge in [-0.1, -0.05) is 13.8 Å². The first-order valence-corrected chi connectivity index (χ1v) is 6.76. The Labute approximate surface area is 120 Å². The van der Waals surface area contributed by atoms with Gasteiger partial charge in [0.15, 0.2) is 5.96 Å². The number of guanidine groups is 1. The lowest BCUT2D eigenvalue weighted by Crippen LogP contribution is -2.41. The van der Waals surface area contributed by atoms with Gasteiger partial charge in [0.25, 0.3) is 0 Å². The summed E-state index contributed by atoms with van der Waals surface area (Å²) < 4.78 is 0. The Balaban J connectivity index is 2.28. The fourth-order valence-corrected chi connectivity index (χ4v) is 1.51. The van der Waals surface area contributed by atoms with Crippen molar-refractivity contribution >= 4 is 17.6 Å². The summed E-state index contributed by atoms with van der Waals surface area (Å²) in [7, 11) is 1.68. The van der Waals surface area contributed by atoms with Gasteiger partial charge < -0.3 is 16.0 Å². The number of rotatable bonds is 6. The van der Waals surface area contributed by atoms with Gasteiger partial charge in [-0.3, -0.25) is 14.8 Å². The Kier molecular flexibility index (Phi) is 7.10. The highest BCUT2D eigenvalue weighted by Gasteiger charge is 2.04. The maximum atomic E-state index is 11.7. The molecule has 0 fully saturated rings. The molecule has 1 heterocycles. The zero-order chi connectivity index (χ0) is 14.8. The number of anilines is 1. The standard InChI is InChI=1S/C14H23N5O/c1-11(2)6-8-17-14(15-3)18-10-13(20)19-12-5-4-7-16-9-12/h4-5,7,9,11H,6,8,10H2,1-3H3,(H,19,20)(H2,15,17,18). The lowest BCUT2D eigenvalue weighted by Gasteiger charge is -2.12. The smallest absolute Gasteiger partial charge is 0.243 e. The molecular formula is C14H23N5O. The summed E-state index contributed by atoms with van der Waals surface area (Å²) in [6.45, 7) is 5.33. The highest BCUT2D eigenvalue weighted by Crippen LogP contribution is 2.01. The molecule has 110 valence electrons.